The van der Waals surface area contributed by atoms with E-state index in [4.69, 9.17) is 101 Å². The molecule has 0 unspecified atom stereocenters. The Morgan fingerprint density at radius 3 is 1.13 bits per heavy atom. The van der Waals surface area contributed by atoms with E-state index in [1.165, 1.54) is 11.3 Å². The van der Waals surface area contributed by atoms with E-state index in [1.807, 2.05) is 72.8 Å². The van der Waals surface area contributed by atoms with Gasteiger partial charge in [-0.25, -0.2) is 15.0 Å². The standard InChI is InChI=1S/C45H18B11N3S/c46-30-25(26-32(48)35(51)38(54)36(52)33(26)49)31(47)29(41-27(30)28-34(50)37(53)39(55)40(56)42(28)60-41)45-58-43(23-9-5-2-6-10-23)57-44(59-45)24-17-15-22(16-18-24)21-13-11-20(12-14-21)19-7-3-1-4-8-19/h1-18H. The average Bonchev–Trinajstić information content (AvgIpc) is 3.69. The second kappa shape index (κ2) is 15.5. The normalized spacial score (nSPS) is 11.4. The van der Waals surface area contributed by atoms with Crippen molar-refractivity contribution in [2.45, 2.75) is 0 Å². The summed E-state index contributed by atoms with van der Waals surface area (Å²) in [7, 11) is 72.8. The molecule has 0 atom stereocenters. The Morgan fingerprint density at radius 2 is 0.617 bits per heavy atom. The van der Waals surface area contributed by atoms with E-state index < -0.39 is 0 Å². The molecule has 22 radical (unpaired) electrons. The van der Waals surface area contributed by atoms with Gasteiger partial charge in [-0.05, 0) is 44.2 Å². The second-order valence-corrected chi connectivity index (χ2v) is 15.4. The lowest BCUT2D eigenvalue weighted by molar-refractivity contribution is 1.08. The molecule has 9 rings (SSSR count). The molecule has 0 aliphatic heterocycles. The first-order valence-electron chi connectivity index (χ1n) is 18.6. The summed E-state index contributed by atoms with van der Waals surface area (Å²) in [6.45, 7) is 0. The van der Waals surface area contributed by atoms with Crippen molar-refractivity contribution in [3.63, 3.8) is 0 Å². The zero-order valence-electron chi connectivity index (χ0n) is 32.0. The maximum absolute atomic E-state index is 7.25. The third-order valence-electron chi connectivity index (χ3n) is 10.9. The van der Waals surface area contributed by atoms with Gasteiger partial charge in [0.1, 0.15) is 86.3 Å². The van der Waals surface area contributed by atoms with Gasteiger partial charge in [0.15, 0.2) is 17.5 Å². The Balaban J connectivity index is 1.31. The average molecular weight is 752 g/mol. The van der Waals surface area contributed by atoms with Crippen molar-refractivity contribution in [1.29, 1.82) is 0 Å². The molecule has 9 aromatic rings. The minimum atomic E-state index is 0.0116. The van der Waals surface area contributed by atoms with Crippen LogP contribution < -0.4 is 60.1 Å². The fourth-order valence-corrected chi connectivity index (χ4v) is 8.97. The lowest BCUT2D eigenvalue weighted by atomic mass is 9.58. The first-order valence-corrected chi connectivity index (χ1v) is 19.5. The van der Waals surface area contributed by atoms with Crippen molar-refractivity contribution in [1.82, 2.24) is 15.0 Å². The number of benzene rings is 7. The molecule has 0 bridgehead atoms. The second-order valence-electron chi connectivity index (χ2n) is 14.4. The third kappa shape index (κ3) is 6.48. The fraction of sp³-hybridized carbons (Fsp3) is 0. The Morgan fingerprint density at radius 1 is 0.267 bits per heavy atom. The summed E-state index contributed by atoms with van der Waals surface area (Å²) >= 11 is 1.27. The molecule has 7 aromatic carbocycles. The van der Waals surface area contributed by atoms with Crippen molar-refractivity contribution in [3.8, 4) is 67.5 Å². The van der Waals surface area contributed by atoms with Crippen molar-refractivity contribution < 1.29 is 0 Å². The molecule has 252 valence electrons. The van der Waals surface area contributed by atoms with E-state index >= 15 is 0 Å². The smallest absolute Gasteiger partial charge is 0.164 e. The Bertz CT molecular complexity index is 3170. The maximum Gasteiger partial charge on any atom is 0.164 e. The first kappa shape index (κ1) is 39.9. The van der Waals surface area contributed by atoms with Crippen LogP contribution in [0.2, 0.25) is 0 Å². The van der Waals surface area contributed by atoms with Gasteiger partial charge in [-0.3, -0.25) is 0 Å². The van der Waals surface area contributed by atoms with E-state index in [1.54, 1.807) is 0 Å². The van der Waals surface area contributed by atoms with Crippen LogP contribution in [0.5, 0.6) is 0 Å². The molecule has 3 nitrogen and oxygen atoms in total. The third-order valence-corrected chi connectivity index (χ3v) is 12.1. The van der Waals surface area contributed by atoms with E-state index in [2.05, 4.69) is 36.4 Å². The van der Waals surface area contributed by atoms with E-state index in [0.29, 0.717) is 37.4 Å². The van der Waals surface area contributed by atoms with Crippen molar-refractivity contribution >= 4 is 178 Å². The molecule has 0 aliphatic carbocycles. The lowest BCUT2D eigenvalue weighted by Gasteiger charge is -2.26. The topological polar surface area (TPSA) is 38.7 Å². The van der Waals surface area contributed by atoms with Gasteiger partial charge in [-0.15, -0.1) is 38.7 Å². The van der Waals surface area contributed by atoms with Crippen molar-refractivity contribution in [2.24, 2.45) is 0 Å². The number of aromatic nitrogens is 3. The number of hydrogen-bond donors (Lipinski definition) is 0. The van der Waals surface area contributed by atoms with Gasteiger partial charge in [0.25, 0.3) is 0 Å². The first-order chi connectivity index (χ1) is 28.8. The molecular formula is C45H18B11N3S. The highest BCUT2D eigenvalue weighted by Crippen LogP contribution is 2.38. The molecule has 0 spiro atoms. The molecule has 2 aromatic heterocycles. The van der Waals surface area contributed by atoms with Gasteiger partial charge in [-0.2, -0.15) is 0 Å². The van der Waals surface area contributed by atoms with Crippen molar-refractivity contribution in [2.75, 3.05) is 0 Å². The number of fused-ring (bicyclic) bond motifs is 3. The van der Waals surface area contributed by atoms with E-state index in [-0.39, 0.29) is 77.0 Å². The maximum atomic E-state index is 7.25. The number of rotatable bonds is 6. The molecule has 0 saturated heterocycles. The van der Waals surface area contributed by atoms with Crippen LogP contribution in [0, 0.1) is 0 Å². The summed E-state index contributed by atoms with van der Waals surface area (Å²) in [5.41, 5.74) is 7.57. The van der Waals surface area contributed by atoms with E-state index in [0.717, 1.165) is 33.4 Å². The summed E-state index contributed by atoms with van der Waals surface area (Å²) in [5, 5.41) is 0.904. The highest BCUT2D eigenvalue weighted by atomic mass is 32.1. The zero-order chi connectivity index (χ0) is 42.1. The van der Waals surface area contributed by atoms with Crippen LogP contribution in [0.25, 0.3) is 87.7 Å². The van der Waals surface area contributed by atoms with Crippen molar-refractivity contribution in [3.05, 3.63) is 109 Å². The van der Waals surface area contributed by atoms with Crippen LogP contribution in [0.3, 0.4) is 0 Å². The minimum absolute atomic E-state index is 0.0116. The zero-order valence-corrected chi connectivity index (χ0v) is 32.8. The molecule has 0 N–H and O–H groups in total. The monoisotopic (exact) mass is 753 g/mol. The molecule has 15 heteroatoms. The largest absolute Gasteiger partial charge is 0.208 e. The molecule has 0 aliphatic rings. The van der Waals surface area contributed by atoms with Gasteiger partial charge in [0.2, 0.25) is 0 Å². The Kier molecular flexibility index (Phi) is 10.3. The van der Waals surface area contributed by atoms with Crippen LogP contribution in [0.4, 0.5) is 0 Å². The molecular weight excluding hydrogens is 734 g/mol. The summed E-state index contributed by atoms with van der Waals surface area (Å²) in [5.74, 6) is 0.974. The molecule has 0 saturated carbocycles. The lowest BCUT2D eigenvalue weighted by Crippen LogP contribution is -2.56. The van der Waals surface area contributed by atoms with Gasteiger partial charge in [0.05, 0.1) is 0 Å². The highest BCUT2D eigenvalue weighted by molar-refractivity contribution is 7.28. The summed E-state index contributed by atoms with van der Waals surface area (Å²) in [6, 6.07) is 36.2. The molecule has 60 heavy (non-hydrogen) atoms. The predicted octanol–water partition coefficient (Wildman–Crippen LogP) is -1.03. The minimum Gasteiger partial charge on any atom is -0.208 e. The molecule has 2 heterocycles. The summed E-state index contributed by atoms with van der Waals surface area (Å²) in [6.07, 6.45) is 0. The molecule has 0 fully saturated rings. The van der Waals surface area contributed by atoms with E-state index in [9.17, 15) is 0 Å². The summed E-state index contributed by atoms with van der Waals surface area (Å²) < 4.78 is 1.08. The fourth-order valence-electron chi connectivity index (χ4n) is 7.62. The predicted molar refractivity (Wildman–Crippen MR) is 265 cm³/mol. The SMILES string of the molecule is [B]c1c([B])c([B])c(-c2c([B])c(-c3nc(-c4ccccc4)nc(-c4ccc(-c5ccc(-c6ccccc6)cc5)cc4)n3)c3sc4c([B])c([B])c([B])c([B])c4c3c2[B])c([B])c1[B]. The van der Waals surface area contributed by atoms with Gasteiger partial charge in [-0.1, -0.05) is 142 Å². The Hall–Kier alpha value is -5.52. The van der Waals surface area contributed by atoms with Gasteiger partial charge in [0, 0.05) is 26.1 Å². The van der Waals surface area contributed by atoms with Crippen LogP contribution in [-0.2, 0) is 0 Å². The van der Waals surface area contributed by atoms with Crippen LogP contribution >= 0.6 is 11.3 Å². The van der Waals surface area contributed by atoms with Gasteiger partial charge < -0.3 is 0 Å². The number of thiophene rings is 1. The Labute approximate surface area is 367 Å². The van der Waals surface area contributed by atoms with Crippen LogP contribution in [0.15, 0.2) is 109 Å². The van der Waals surface area contributed by atoms with Crippen LogP contribution in [-0.4, -0.2) is 101 Å². The summed E-state index contributed by atoms with van der Waals surface area (Å²) in [4.78, 5) is 15.1. The number of nitrogens with zero attached hydrogens (tertiary/aromatic N) is 3. The van der Waals surface area contributed by atoms with Gasteiger partial charge >= 0.3 is 0 Å². The quantitative estimate of drug-likeness (QED) is 0.205. The number of hydrogen-bond acceptors (Lipinski definition) is 4. The highest BCUT2D eigenvalue weighted by Gasteiger charge is 2.27. The van der Waals surface area contributed by atoms with Crippen LogP contribution in [0.1, 0.15) is 0 Å². The molecule has 0 amide bonds.